The first-order valence-electron chi connectivity index (χ1n) is 8.83. The zero-order valence-corrected chi connectivity index (χ0v) is 14.8. The van der Waals surface area contributed by atoms with Gasteiger partial charge in [-0.3, -0.25) is 4.68 Å². The number of nitrogens with one attached hydrogen (secondary N) is 2. The lowest BCUT2D eigenvalue weighted by atomic mass is 10.1. The number of benzene rings is 1. The van der Waals surface area contributed by atoms with E-state index < -0.39 is 0 Å². The van der Waals surface area contributed by atoms with Crippen LogP contribution in [0.2, 0.25) is 0 Å². The quantitative estimate of drug-likeness (QED) is 0.724. The van der Waals surface area contributed by atoms with Crippen molar-refractivity contribution in [3.05, 3.63) is 47.3 Å². The minimum Gasteiger partial charge on any atom is -0.396 e. The van der Waals surface area contributed by atoms with E-state index >= 15 is 0 Å². The summed E-state index contributed by atoms with van der Waals surface area (Å²) in [7, 11) is 0. The van der Waals surface area contributed by atoms with E-state index in [2.05, 4.69) is 21.8 Å². The van der Waals surface area contributed by atoms with E-state index in [9.17, 15) is 4.79 Å². The van der Waals surface area contributed by atoms with E-state index in [-0.39, 0.29) is 18.7 Å². The maximum atomic E-state index is 12.2. The summed E-state index contributed by atoms with van der Waals surface area (Å²) in [4.78, 5) is 12.2. The first kappa shape index (κ1) is 17.5. The third kappa shape index (κ3) is 4.82. The number of hydrogen-bond acceptors (Lipinski definition) is 3. The second-order valence-corrected chi connectivity index (χ2v) is 6.84. The van der Waals surface area contributed by atoms with Gasteiger partial charge in [0, 0.05) is 24.0 Å². The van der Waals surface area contributed by atoms with Crippen LogP contribution < -0.4 is 10.6 Å². The summed E-state index contributed by atoms with van der Waals surface area (Å²) in [6.07, 6.45) is 2.86. The second-order valence-electron chi connectivity index (χ2n) is 6.84. The van der Waals surface area contributed by atoms with Crippen molar-refractivity contribution in [2.45, 2.75) is 45.7 Å². The van der Waals surface area contributed by atoms with Crippen molar-refractivity contribution < 1.29 is 9.90 Å². The second kappa shape index (κ2) is 7.70. The molecule has 1 fully saturated rings. The van der Waals surface area contributed by atoms with E-state index in [0.29, 0.717) is 18.9 Å². The summed E-state index contributed by atoms with van der Waals surface area (Å²) in [5, 5.41) is 19.5. The Morgan fingerprint density at radius 1 is 1.36 bits per heavy atom. The molecule has 6 heteroatoms. The van der Waals surface area contributed by atoms with Crippen LogP contribution in [0.15, 0.2) is 30.3 Å². The Bertz CT molecular complexity index is 737. The highest BCUT2D eigenvalue weighted by Crippen LogP contribution is 2.33. The van der Waals surface area contributed by atoms with Gasteiger partial charge in [-0.1, -0.05) is 12.1 Å². The highest BCUT2D eigenvalue weighted by Gasteiger charge is 2.31. The van der Waals surface area contributed by atoms with Crippen molar-refractivity contribution >= 4 is 11.7 Å². The number of anilines is 1. The van der Waals surface area contributed by atoms with Gasteiger partial charge in [-0.05, 0) is 62.8 Å². The van der Waals surface area contributed by atoms with Crippen LogP contribution in [-0.2, 0) is 6.54 Å². The zero-order valence-electron chi connectivity index (χ0n) is 14.8. The van der Waals surface area contributed by atoms with Crippen molar-refractivity contribution in [2.75, 3.05) is 11.9 Å². The molecule has 0 spiro atoms. The van der Waals surface area contributed by atoms with Gasteiger partial charge >= 0.3 is 6.03 Å². The molecule has 0 radical (unpaired) electrons. The first-order chi connectivity index (χ1) is 12.0. The predicted octanol–water partition coefficient (Wildman–Crippen LogP) is 2.83. The third-order valence-electron chi connectivity index (χ3n) is 4.57. The normalized spacial score (nSPS) is 15.0. The SMILES string of the molecule is Cc1cc(C)n(Cc2cccc(NC(=O)N[C@@H](CCO)C3CC3)c2)n1. The molecule has 1 atom stereocenters. The fourth-order valence-electron chi connectivity index (χ4n) is 3.15. The van der Waals surface area contributed by atoms with Gasteiger partial charge in [0.1, 0.15) is 0 Å². The Labute approximate surface area is 148 Å². The molecule has 134 valence electrons. The van der Waals surface area contributed by atoms with Crippen molar-refractivity contribution in [1.82, 2.24) is 15.1 Å². The van der Waals surface area contributed by atoms with E-state index in [1.165, 1.54) is 0 Å². The van der Waals surface area contributed by atoms with Crippen molar-refractivity contribution in [2.24, 2.45) is 5.92 Å². The van der Waals surface area contributed by atoms with Crippen LogP contribution in [0.1, 0.15) is 36.2 Å². The van der Waals surface area contributed by atoms with Gasteiger partial charge < -0.3 is 15.7 Å². The monoisotopic (exact) mass is 342 g/mol. The number of nitrogens with zero attached hydrogens (tertiary/aromatic N) is 2. The summed E-state index contributed by atoms with van der Waals surface area (Å²) < 4.78 is 1.96. The van der Waals surface area contributed by atoms with Crippen LogP contribution in [0, 0.1) is 19.8 Å². The van der Waals surface area contributed by atoms with Gasteiger partial charge in [-0.25, -0.2) is 4.79 Å². The van der Waals surface area contributed by atoms with Gasteiger partial charge in [-0.2, -0.15) is 5.10 Å². The first-order valence-corrected chi connectivity index (χ1v) is 8.83. The summed E-state index contributed by atoms with van der Waals surface area (Å²) in [5.74, 6) is 0.510. The number of aliphatic hydroxyl groups is 1. The average molecular weight is 342 g/mol. The fourth-order valence-corrected chi connectivity index (χ4v) is 3.15. The predicted molar refractivity (Wildman–Crippen MR) is 97.6 cm³/mol. The molecule has 1 aliphatic rings. The number of rotatable bonds is 7. The molecular weight excluding hydrogens is 316 g/mol. The minimum absolute atomic E-state index is 0.0582. The molecule has 0 aliphatic heterocycles. The molecule has 1 heterocycles. The largest absolute Gasteiger partial charge is 0.396 e. The fraction of sp³-hybridized carbons (Fsp3) is 0.474. The number of aryl methyl sites for hydroxylation is 2. The molecule has 3 rings (SSSR count). The standard InChI is InChI=1S/C19H26N4O2/c1-13-10-14(2)23(22-13)12-15-4-3-5-17(11-15)20-19(25)21-18(8-9-24)16-6-7-16/h3-5,10-11,16,18,24H,6-9,12H2,1-2H3,(H2,20,21,25)/t18-/m0/s1. The highest BCUT2D eigenvalue weighted by atomic mass is 16.3. The smallest absolute Gasteiger partial charge is 0.319 e. The summed E-state index contributed by atoms with van der Waals surface area (Å²) in [6, 6.07) is 9.70. The number of aromatic nitrogens is 2. The maximum Gasteiger partial charge on any atom is 0.319 e. The van der Waals surface area contributed by atoms with Crippen molar-refractivity contribution in [3.8, 4) is 0 Å². The molecule has 1 aromatic carbocycles. The number of carbonyl (C=O) groups excluding carboxylic acids is 1. The van der Waals surface area contributed by atoms with E-state index in [1.807, 2.05) is 42.8 Å². The van der Waals surface area contributed by atoms with Crippen LogP contribution in [0.5, 0.6) is 0 Å². The number of hydrogen-bond donors (Lipinski definition) is 3. The van der Waals surface area contributed by atoms with Crippen LogP contribution in [-0.4, -0.2) is 33.6 Å². The number of carbonyl (C=O) groups is 1. The summed E-state index contributed by atoms with van der Waals surface area (Å²) >= 11 is 0. The van der Waals surface area contributed by atoms with E-state index in [4.69, 9.17) is 5.11 Å². The van der Waals surface area contributed by atoms with Gasteiger partial charge in [0.25, 0.3) is 0 Å². The average Bonchev–Trinajstić information content (AvgIpc) is 3.34. The molecule has 0 saturated heterocycles. The zero-order chi connectivity index (χ0) is 17.8. The molecule has 1 aliphatic carbocycles. The van der Waals surface area contributed by atoms with Gasteiger partial charge in [0.15, 0.2) is 0 Å². The van der Waals surface area contributed by atoms with Crippen molar-refractivity contribution in [1.29, 1.82) is 0 Å². The Hall–Kier alpha value is -2.34. The molecule has 25 heavy (non-hydrogen) atoms. The lowest BCUT2D eigenvalue weighted by Crippen LogP contribution is -2.39. The molecule has 0 unspecified atom stereocenters. The van der Waals surface area contributed by atoms with Crippen LogP contribution >= 0.6 is 0 Å². The molecule has 0 bridgehead atoms. The molecule has 2 aromatic rings. The van der Waals surface area contributed by atoms with Gasteiger partial charge in [0.05, 0.1) is 12.2 Å². The number of urea groups is 1. The topological polar surface area (TPSA) is 79.2 Å². The number of aliphatic hydroxyl groups excluding tert-OH is 1. The third-order valence-corrected chi connectivity index (χ3v) is 4.57. The minimum atomic E-state index is -0.214. The lowest BCUT2D eigenvalue weighted by Gasteiger charge is -2.17. The Kier molecular flexibility index (Phi) is 5.38. The summed E-state index contributed by atoms with van der Waals surface area (Å²) in [5.41, 5.74) is 3.96. The van der Waals surface area contributed by atoms with Gasteiger partial charge in [-0.15, -0.1) is 0 Å². The van der Waals surface area contributed by atoms with E-state index in [1.54, 1.807) is 0 Å². The molecule has 1 saturated carbocycles. The van der Waals surface area contributed by atoms with Crippen LogP contribution in [0.4, 0.5) is 10.5 Å². The number of amides is 2. The molecular formula is C19H26N4O2. The van der Waals surface area contributed by atoms with E-state index in [0.717, 1.165) is 35.5 Å². The molecule has 1 aromatic heterocycles. The Morgan fingerprint density at radius 3 is 2.80 bits per heavy atom. The molecule has 2 amide bonds. The van der Waals surface area contributed by atoms with Crippen LogP contribution in [0.3, 0.4) is 0 Å². The Morgan fingerprint density at radius 2 is 2.16 bits per heavy atom. The Balaban J connectivity index is 1.61. The van der Waals surface area contributed by atoms with Crippen molar-refractivity contribution in [3.63, 3.8) is 0 Å². The van der Waals surface area contributed by atoms with Crippen LogP contribution in [0.25, 0.3) is 0 Å². The van der Waals surface area contributed by atoms with Gasteiger partial charge in [0.2, 0.25) is 0 Å². The highest BCUT2D eigenvalue weighted by molar-refractivity contribution is 5.89. The molecule has 6 nitrogen and oxygen atoms in total. The summed E-state index contributed by atoms with van der Waals surface area (Å²) in [6.45, 7) is 4.79. The lowest BCUT2D eigenvalue weighted by molar-refractivity contribution is 0.234. The molecule has 3 N–H and O–H groups in total. The maximum absolute atomic E-state index is 12.2.